The van der Waals surface area contributed by atoms with Crippen LogP contribution < -0.4 is 10.0 Å². The van der Waals surface area contributed by atoms with E-state index in [9.17, 15) is 13.2 Å². The third-order valence-electron chi connectivity index (χ3n) is 4.72. The molecule has 0 bridgehead atoms. The predicted octanol–water partition coefficient (Wildman–Crippen LogP) is 2.65. The molecule has 6 nitrogen and oxygen atoms in total. The maximum absolute atomic E-state index is 12.5. The molecule has 1 saturated heterocycles. The Morgan fingerprint density at radius 2 is 1.67 bits per heavy atom. The fourth-order valence-corrected chi connectivity index (χ4v) is 4.40. The van der Waals surface area contributed by atoms with Gasteiger partial charge in [0.15, 0.2) is 0 Å². The number of nitrogens with zero attached hydrogens (tertiary/aromatic N) is 1. The van der Waals surface area contributed by atoms with Gasteiger partial charge in [-0.1, -0.05) is 48.0 Å². The number of aryl methyl sites for hydroxylation is 1. The summed E-state index contributed by atoms with van der Waals surface area (Å²) >= 11 is 0. The lowest BCUT2D eigenvalue weighted by Gasteiger charge is -2.32. The quantitative estimate of drug-likeness (QED) is 0.828. The molecule has 0 unspecified atom stereocenters. The van der Waals surface area contributed by atoms with Crippen LogP contribution in [0.15, 0.2) is 59.5 Å². The summed E-state index contributed by atoms with van der Waals surface area (Å²) in [5.41, 5.74) is 2.07. The molecule has 1 heterocycles. The lowest BCUT2D eigenvalue weighted by molar-refractivity contribution is 0.179. The summed E-state index contributed by atoms with van der Waals surface area (Å²) in [4.78, 5) is 14.3. The fourth-order valence-electron chi connectivity index (χ4n) is 3.09. The topological polar surface area (TPSA) is 78.5 Å². The van der Waals surface area contributed by atoms with E-state index >= 15 is 0 Å². The Morgan fingerprint density at radius 3 is 2.30 bits per heavy atom. The average molecular weight is 388 g/mol. The van der Waals surface area contributed by atoms with Gasteiger partial charge in [0.2, 0.25) is 10.0 Å². The number of piperidine rings is 1. The zero-order valence-corrected chi connectivity index (χ0v) is 16.2. The lowest BCUT2D eigenvalue weighted by Crippen LogP contribution is -2.49. The second-order valence-corrected chi connectivity index (χ2v) is 8.55. The van der Waals surface area contributed by atoms with Gasteiger partial charge in [-0.15, -0.1) is 0 Å². The Morgan fingerprint density at radius 1 is 1.04 bits per heavy atom. The highest BCUT2D eigenvalue weighted by Gasteiger charge is 2.26. The van der Waals surface area contributed by atoms with Crippen LogP contribution in [0.25, 0.3) is 0 Å². The van der Waals surface area contributed by atoms with Crippen molar-refractivity contribution in [1.82, 2.24) is 14.9 Å². The van der Waals surface area contributed by atoms with Crippen LogP contribution in [-0.4, -0.2) is 38.5 Å². The summed E-state index contributed by atoms with van der Waals surface area (Å²) < 4.78 is 27.7. The summed E-state index contributed by atoms with van der Waals surface area (Å²) in [7, 11) is -3.53. The Bertz CT molecular complexity index is 859. The number of nitrogens with one attached hydrogen (secondary N) is 2. The summed E-state index contributed by atoms with van der Waals surface area (Å²) in [6.45, 7) is 3.46. The van der Waals surface area contributed by atoms with Crippen LogP contribution in [0.5, 0.6) is 0 Å². The highest BCUT2D eigenvalue weighted by molar-refractivity contribution is 7.89. The molecule has 2 aromatic carbocycles. The first-order chi connectivity index (χ1) is 12.9. The van der Waals surface area contributed by atoms with Crippen molar-refractivity contribution in [3.8, 4) is 0 Å². The van der Waals surface area contributed by atoms with Crippen LogP contribution in [0.2, 0.25) is 0 Å². The van der Waals surface area contributed by atoms with Crippen molar-refractivity contribution in [2.45, 2.75) is 37.2 Å². The minimum atomic E-state index is -3.53. The highest BCUT2D eigenvalue weighted by atomic mass is 32.2. The number of urea groups is 1. The Hall–Kier alpha value is -2.38. The molecular formula is C20H25N3O3S. The molecule has 144 valence electrons. The van der Waals surface area contributed by atoms with Crippen molar-refractivity contribution >= 4 is 16.1 Å². The zero-order valence-electron chi connectivity index (χ0n) is 15.4. The third kappa shape index (κ3) is 5.30. The number of hydrogen-bond donors (Lipinski definition) is 2. The van der Waals surface area contributed by atoms with E-state index in [0.29, 0.717) is 32.5 Å². The molecule has 2 N–H and O–H groups in total. The number of hydrogen-bond acceptors (Lipinski definition) is 3. The number of amides is 2. The first-order valence-corrected chi connectivity index (χ1v) is 10.6. The SMILES string of the molecule is Cc1ccc(S(=O)(=O)NC2CCN(C(=O)NCc3ccccc3)CC2)cc1. The molecule has 1 fully saturated rings. The zero-order chi connectivity index (χ0) is 19.3. The van der Waals surface area contributed by atoms with Gasteiger partial charge in [-0.25, -0.2) is 17.9 Å². The van der Waals surface area contributed by atoms with Crippen molar-refractivity contribution in [2.24, 2.45) is 0 Å². The Kier molecular flexibility index (Phi) is 6.13. The van der Waals surface area contributed by atoms with Crippen LogP contribution in [0.4, 0.5) is 4.79 Å². The number of carbonyl (C=O) groups excluding carboxylic acids is 1. The molecule has 2 amide bonds. The summed E-state index contributed by atoms with van der Waals surface area (Å²) in [6.07, 6.45) is 1.20. The first kappa shape index (κ1) is 19.4. The highest BCUT2D eigenvalue weighted by Crippen LogP contribution is 2.16. The van der Waals surface area contributed by atoms with E-state index in [1.807, 2.05) is 37.3 Å². The second kappa shape index (κ2) is 8.54. The number of carbonyl (C=O) groups is 1. The maximum Gasteiger partial charge on any atom is 0.317 e. The van der Waals surface area contributed by atoms with Crippen molar-refractivity contribution in [3.63, 3.8) is 0 Å². The first-order valence-electron chi connectivity index (χ1n) is 9.10. The van der Waals surface area contributed by atoms with Gasteiger partial charge in [0.05, 0.1) is 4.90 Å². The molecule has 0 aromatic heterocycles. The molecule has 1 aliphatic rings. The van der Waals surface area contributed by atoms with Gasteiger partial charge in [-0.05, 0) is 37.5 Å². The minimum Gasteiger partial charge on any atom is -0.334 e. The normalized spacial score (nSPS) is 15.5. The molecular weight excluding hydrogens is 362 g/mol. The van der Waals surface area contributed by atoms with E-state index in [4.69, 9.17) is 0 Å². The van der Waals surface area contributed by atoms with Gasteiger partial charge in [-0.3, -0.25) is 0 Å². The van der Waals surface area contributed by atoms with Gasteiger partial charge in [0.25, 0.3) is 0 Å². The van der Waals surface area contributed by atoms with Gasteiger partial charge in [0, 0.05) is 25.7 Å². The van der Waals surface area contributed by atoms with Crippen molar-refractivity contribution in [3.05, 3.63) is 65.7 Å². The summed E-state index contributed by atoms with van der Waals surface area (Å²) in [6, 6.07) is 16.3. The third-order valence-corrected chi connectivity index (χ3v) is 6.26. The molecule has 7 heteroatoms. The minimum absolute atomic E-state index is 0.112. The van der Waals surface area contributed by atoms with E-state index in [0.717, 1.165) is 11.1 Å². The van der Waals surface area contributed by atoms with Crippen LogP contribution in [-0.2, 0) is 16.6 Å². The van der Waals surface area contributed by atoms with Gasteiger partial charge >= 0.3 is 6.03 Å². The van der Waals surface area contributed by atoms with E-state index in [2.05, 4.69) is 10.0 Å². The van der Waals surface area contributed by atoms with Gasteiger partial charge < -0.3 is 10.2 Å². The second-order valence-electron chi connectivity index (χ2n) is 6.84. The molecule has 0 radical (unpaired) electrons. The van der Waals surface area contributed by atoms with Crippen LogP contribution in [0, 0.1) is 6.92 Å². The smallest absolute Gasteiger partial charge is 0.317 e. The van der Waals surface area contributed by atoms with Crippen molar-refractivity contribution < 1.29 is 13.2 Å². The van der Waals surface area contributed by atoms with Gasteiger partial charge in [-0.2, -0.15) is 0 Å². The van der Waals surface area contributed by atoms with Gasteiger partial charge in [0.1, 0.15) is 0 Å². The molecule has 0 atom stereocenters. The molecule has 3 rings (SSSR count). The molecule has 2 aromatic rings. The fraction of sp³-hybridized carbons (Fsp3) is 0.350. The lowest BCUT2D eigenvalue weighted by atomic mass is 10.1. The molecule has 27 heavy (non-hydrogen) atoms. The summed E-state index contributed by atoms with van der Waals surface area (Å²) in [5, 5.41) is 2.91. The molecule has 1 aliphatic heterocycles. The number of rotatable bonds is 5. The monoisotopic (exact) mass is 387 g/mol. The summed E-state index contributed by atoms with van der Waals surface area (Å²) in [5.74, 6) is 0. The van der Waals surface area contributed by atoms with E-state index < -0.39 is 10.0 Å². The van der Waals surface area contributed by atoms with E-state index in [1.54, 1.807) is 29.2 Å². The van der Waals surface area contributed by atoms with E-state index in [1.165, 1.54) is 0 Å². The van der Waals surface area contributed by atoms with Crippen LogP contribution in [0.3, 0.4) is 0 Å². The number of benzene rings is 2. The average Bonchev–Trinajstić information content (AvgIpc) is 2.67. The molecule has 0 spiro atoms. The number of sulfonamides is 1. The van der Waals surface area contributed by atoms with Crippen LogP contribution >= 0.6 is 0 Å². The predicted molar refractivity (Wildman–Crippen MR) is 105 cm³/mol. The van der Waals surface area contributed by atoms with Crippen LogP contribution in [0.1, 0.15) is 24.0 Å². The van der Waals surface area contributed by atoms with Crippen molar-refractivity contribution in [2.75, 3.05) is 13.1 Å². The van der Waals surface area contributed by atoms with E-state index in [-0.39, 0.29) is 17.0 Å². The molecule has 0 aliphatic carbocycles. The standard InChI is InChI=1S/C20H25N3O3S/c1-16-7-9-19(10-8-16)27(25,26)22-18-11-13-23(14-12-18)20(24)21-15-17-5-3-2-4-6-17/h2-10,18,22H,11-15H2,1H3,(H,21,24). The van der Waals surface area contributed by atoms with Crippen molar-refractivity contribution in [1.29, 1.82) is 0 Å². The Labute approximate surface area is 160 Å². The Balaban J connectivity index is 1.48. The largest absolute Gasteiger partial charge is 0.334 e. The number of likely N-dealkylation sites (tertiary alicyclic amines) is 1. The maximum atomic E-state index is 12.5. The molecule has 0 saturated carbocycles.